The summed E-state index contributed by atoms with van der Waals surface area (Å²) in [5, 5.41) is 0. The van der Waals surface area contributed by atoms with E-state index in [0.29, 0.717) is 12.1 Å². The largest absolute Gasteiger partial charge is 0.298 e. The molecule has 4 atom stereocenters. The van der Waals surface area contributed by atoms with E-state index in [2.05, 4.69) is 0 Å². The van der Waals surface area contributed by atoms with Crippen LogP contribution in [0.4, 0.5) is 5.69 Å². The SMILES string of the molecule is CC[C@@]12C(=O)[C@@](C)(C(c3ccccc3)=C1c1ccccc1)[C@@H]1C(=O)N(c3ccc(C)cc3)C(=O)[C@@H]12. The number of aryl methyl sites for hydroxylation is 1. The lowest BCUT2D eigenvalue weighted by atomic mass is 9.62. The van der Waals surface area contributed by atoms with Gasteiger partial charge in [-0.05, 0) is 54.7 Å². The number of hydrogen-bond acceptors (Lipinski definition) is 3. The molecule has 1 saturated heterocycles. The van der Waals surface area contributed by atoms with Gasteiger partial charge in [0.25, 0.3) is 0 Å². The lowest BCUT2D eigenvalue weighted by Gasteiger charge is -2.37. The van der Waals surface area contributed by atoms with Crippen molar-refractivity contribution in [3.05, 3.63) is 102 Å². The number of benzene rings is 3. The summed E-state index contributed by atoms with van der Waals surface area (Å²) in [4.78, 5) is 43.9. The summed E-state index contributed by atoms with van der Waals surface area (Å²) in [6.07, 6.45) is 0.462. The molecule has 3 aliphatic rings. The molecule has 2 fully saturated rings. The second-order valence-corrected chi connectivity index (χ2v) is 10.1. The van der Waals surface area contributed by atoms with Gasteiger partial charge in [-0.15, -0.1) is 0 Å². The average Bonchev–Trinajstić information content (AvgIpc) is 3.35. The average molecular weight is 462 g/mol. The Labute approximate surface area is 205 Å². The lowest BCUT2D eigenvalue weighted by molar-refractivity contribution is -0.134. The van der Waals surface area contributed by atoms with Crippen LogP contribution in [0.2, 0.25) is 0 Å². The summed E-state index contributed by atoms with van der Waals surface area (Å²) < 4.78 is 0. The highest BCUT2D eigenvalue weighted by Gasteiger charge is 2.79. The summed E-state index contributed by atoms with van der Waals surface area (Å²) in [5.41, 5.74) is 3.18. The van der Waals surface area contributed by atoms with Gasteiger partial charge in [0.1, 0.15) is 0 Å². The first-order valence-electron chi connectivity index (χ1n) is 12.2. The van der Waals surface area contributed by atoms with E-state index >= 15 is 0 Å². The molecule has 35 heavy (non-hydrogen) atoms. The third-order valence-electron chi connectivity index (χ3n) is 8.53. The highest BCUT2D eigenvalue weighted by atomic mass is 16.2. The van der Waals surface area contributed by atoms with Crippen LogP contribution in [-0.2, 0) is 14.4 Å². The minimum atomic E-state index is -1.08. The molecule has 174 valence electrons. The van der Waals surface area contributed by atoms with Crippen molar-refractivity contribution in [2.75, 3.05) is 4.90 Å². The predicted octanol–water partition coefficient (Wildman–Crippen LogP) is 5.71. The van der Waals surface area contributed by atoms with Gasteiger partial charge in [-0.2, -0.15) is 0 Å². The van der Waals surface area contributed by atoms with Crippen molar-refractivity contribution in [3.8, 4) is 0 Å². The van der Waals surface area contributed by atoms with Crippen molar-refractivity contribution in [3.63, 3.8) is 0 Å². The van der Waals surface area contributed by atoms with Gasteiger partial charge in [0.15, 0.2) is 5.78 Å². The molecule has 0 aromatic heterocycles. The van der Waals surface area contributed by atoms with E-state index in [1.165, 1.54) is 4.90 Å². The van der Waals surface area contributed by atoms with Gasteiger partial charge in [-0.25, -0.2) is 4.90 Å². The first-order chi connectivity index (χ1) is 16.9. The number of amides is 2. The maximum atomic E-state index is 14.4. The van der Waals surface area contributed by atoms with Crippen LogP contribution in [0.25, 0.3) is 11.1 Å². The molecular formula is C31H27NO3. The quantitative estimate of drug-likeness (QED) is 0.468. The molecule has 2 aliphatic carbocycles. The molecule has 1 saturated carbocycles. The lowest BCUT2D eigenvalue weighted by Crippen LogP contribution is -2.41. The van der Waals surface area contributed by atoms with E-state index in [9.17, 15) is 14.4 Å². The van der Waals surface area contributed by atoms with Gasteiger partial charge in [0.05, 0.1) is 28.4 Å². The van der Waals surface area contributed by atoms with E-state index in [1.54, 1.807) is 0 Å². The topological polar surface area (TPSA) is 54.5 Å². The fourth-order valence-electron chi connectivity index (χ4n) is 7.08. The molecular weight excluding hydrogens is 434 g/mol. The fraction of sp³-hybridized carbons (Fsp3) is 0.258. The second-order valence-electron chi connectivity index (χ2n) is 10.1. The van der Waals surface area contributed by atoms with Crippen molar-refractivity contribution >= 4 is 34.4 Å². The number of hydrogen-bond donors (Lipinski definition) is 0. The molecule has 3 aromatic rings. The van der Waals surface area contributed by atoms with E-state index in [4.69, 9.17) is 0 Å². The Kier molecular flexibility index (Phi) is 4.56. The molecule has 2 amide bonds. The highest BCUT2D eigenvalue weighted by molar-refractivity contribution is 6.34. The molecule has 1 heterocycles. The van der Waals surface area contributed by atoms with Gasteiger partial charge >= 0.3 is 0 Å². The predicted molar refractivity (Wildman–Crippen MR) is 136 cm³/mol. The zero-order chi connectivity index (χ0) is 24.5. The van der Waals surface area contributed by atoms with Gasteiger partial charge in [-0.1, -0.05) is 85.3 Å². The van der Waals surface area contributed by atoms with Crippen molar-refractivity contribution in [2.24, 2.45) is 22.7 Å². The van der Waals surface area contributed by atoms with Crippen molar-refractivity contribution in [1.82, 2.24) is 0 Å². The number of anilines is 1. The molecule has 1 aliphatic heterocycles. The number of ketones is 1. The Hall–Kier alpha value is -3.79. The van der Waals surface area contributed by atoms with Crippen LogP contribution in [0.1, 0.15) is 37.0 Å². The number of carbonyl (C=O) groups is 3. The van der Waals surface area contributed by atoms with Crippen molar-refractivity contribution in [2.45, 2.75) is 27.2 Å². The smallest absolute Gasteiger partial charge is 0.239 e. The van der Waals surface area contributed by atoms with Crippen LogP contribution in [-0.4, -0.2) is 17.6 Å². The second kappa shape index (κ2) is 7.35. The first kappa shape index (κ1) is 21.7. The third-order valence-corrected chi connectivity index (χ3v) is 8.53. The standard InChI is InChI=1S/C31H27NO3/c1-4-31-24(21-13-9-6-10-14-21)23(20-11-7-5-8-12-20)30(3,29(31)35)25-26(31)28(34)32(27(25)33)22-17-15-19(2)16-18-22/h5-18,25-26H,4H2,1-3H3/t25-,26+,30-,31+/m0/s1. The summed E-state index contributed by atoms with van der Waals surface area (Å²) in [6, 6.07) is 27.2. The van der Waals surface area contributed by atoms with E-state index < -0.39 is 22.7 Å². The maximum absolute atomic E-state index is 14.4. The van der Waals surface area contributed by atoms with Crippen LogP contribution >= 0.6 is 0 Å². The van der Waals surface area contributed by atoms with E-state index in [-0.39, 0.29) is 17.6 Å². The number of imide groups is 1. The van der Waals surface area contributed by atoms with E-state index in [1.807, 2.05) is 106 Å². The molecule has 0 N–H and O–H groups in total. The molecule has 0 spiro atoms. The van der Waals surface area contributed by atoms with Crippen molar-refractivity contribution < 1.29 is 14.4 Å². The molecule has 6 rings (SSSR count). The normalized spacial score (nSPS) is 29.3. The maximum Gasteiger partial charge on any atom is 0.239 e. The molecule has 4 heteroatoms. The molecule has 3 aromatic carbocycles. The Morgan fingerprint density at radius 3 is 1.77 bits per heavy atom. The van der Waals surface area contributed by atoms with E-state index in [0.717, 1.165) is 27.8 Å². The molecule has 4 nitrogen and oxygen atoms in total. The van der Waals surface area contributed by atoms with Crippen LogP contribution in [0.3, 0.4) is 0 Å². The van der Waals surface area contributed by atoms with Crippen LogP contribution in [0.15, 0.2) is 84.9 Å². The number of carbonyl (C=O) groups excluding carboxylic acids is 3. The molecule has 2 bridgehead atoms. The Balaban J connectivity index is 1.64. The minimum Gasteiger partial charge on any atom is -0.298 e. The third kappa shape index (κ3) is 2.54. The number of nitrogens with zero attached hydrogens (tertiary/aromatic N) is 1. The Morgan fingerprint density at radius 2 is 1.23 bits per heavy atom. The van der Waals surface area contributed by atoms with Gasteiger partial charge in [0.2, 0.25) is 11.8 Å². The summed E-state index contributed by atoms with van der Waals surface area (Å²) >= 11 is 0. The molecule has 0 radical (unpaired) electrons. The Bertz CT molecular complexity index is 1410. The number of allylic oxidation sites excluding steroid dienone is 2. The zero-order valence-electron chi connectivity index (χ0n) is 20.1. The number of rotatable bonds is 4. The van der Waals surface area contributed by atoms with Crippen molar-refractivity contribution in [1.29, 1.82) is 0 Å². The summed E-state index contributed by atoms with van der Waals surface area (Å²) in [7, 11) is 0. The monoisotopic (exact) mass is 461 g/mol. The summed E-state index contributed by atoms with van der Waals surface area (Å²) in [6.45, 7) is 5.84. The number of fused-ring (bicyclic) bond motifs is 5. The minimum absolute atomic E-state index is 0.00506. The zero-order valence-corrected chi connectivity index (χ0v) is 20.1. The highest BCUT2D eigenvalue weighted by Crippen LogP contribution is 2.74. The van der Waals surface area contributed by atoms with Gasteiger partial charge < -0.3 is 0 Å². The fourth-order valence-corrected chi connectivity index (χ4v) is 7.08. The molecule has 0 unspecified atom stereocenters. The Morgan fingerprint density at radius 1 is 0.714 bits per heavy atom. The van der Waals surface area contributed by atoms with Crippen LogP contribution in [0.5, 0.6) is 0 Å². The van der Waals surface area contributed by atoms with Gasteiger partial charge in [0, 0.05) is 0 Å². The summed E-state index contributed by atoms with van der Waals surface area (Å²) in [5.74, 6) is -1.95. The first-order valence-corrected chi connectivity index (χ1v) is 12.2. The van der Waals surface area contributed by atoms with Gasteiger partial charge in [-0.3, -0.25) is 14.4 Å². The van der Waals surface area contributed by atoms with Crippen LogP contribution in [0, 0.1) is 29.6 Å². The number of Topliss-reactive ketones (excluding diaryl/α,β-unsaturated/α-hetero) is 1. The van der Waals surface area contributed by atoms with Crippen LogP contribution < -0.4 is 4.90 Å².